The average molecular weight is 197 g/mol. The van der Waals surface area contributed by atoms with Crippen LogP contribution in [-0.4, -0.2) is 18.7 Å². The summed E-state index contributed by atoms with van der Waals surface area (Å²) in [4.78, 5) is 0. The van der Waals surface area contributed by atoms with Crippen LogP contribution in [0.25, 0.3) is 0 Å². The Morgan fingerprint density at radius 1 is 1.50 bits per heavy atom. The Balaban J connectivity index is 2.47. The van der Waals surface area contributed by atoms with Crippen LogP contribution in [0.1, 0.15) is 24.5 Å². The second kappa shape index (κ2) is 5.73. The number of rotatable bonds is 5. The Morgan fingerprint density at radius 2 is 2.29 bits per heavy atom. The van der Waals surface area contributed by atoms with Crippen molar-refractivity contribution in [1.82, 2.24) is 5.32 Å². The highest BCUT2D eigenvalue weighted by atomic mass is 19.1. The van der Waals surface area contributed by atoms with Crippen molar-refractivity contribution in [1.29, 1.82) is 0 Å². The SMILES string of the molecule is CNCCCC(O)c1cccc(F)c1. The molecule has 1 unspecified atom stereocenters. The van der Waals surface area contributed by atoms with Crippen molar-refractivity contribution in [3.8, 4) is 0 Å². The zero-order valence-corrected chi connectivity index (χ0v) is 8.33. The van der Waals surface area contributed by atoms with Gasteiger partial charge in [-0.3, -0.25) is 0 Å². The van der Waals surface area contributed by atoms with Gasteiger partial charge in [0.25, 0.3) is 0 Å². The first kappa shape index (κ1) is 11.1. The van der Waals surface area contributed by atoms with Gasteiger partial charge in [0, 0.05) is 0 Å². The Bertz CT molecular complexity index is 278. The molecule has 14 heavy (non-hydrogen) atoms. The molecular formula is C11H16FNO. The Morgan fingerprint density at radius 3 is 2.93 bits per heavy atom. The average Bonchev–Trinajstić information content (AvgIpc) is 2.18. The van der Waals surface area contributed by atoms with Gasteiger partial charge in [0.05, 0.1) is 6.10 Å². The van der Waals surface area contributed by atoms with Crippen molar-refractivity contribution < 1.29 is 9.50 Å². The smallest absolute Gasteiger partial charge is 0.123 e. The van der Waals surface area contributed by atoms with E-state index in [4.69, 9.17) is 0 Å². The van der Waals surface area contributed by atoms with Crippen molar-refractivity contribution in [2.75, 3.05) is 13.6 Å². The van der Waals surface area contributed by atoms with Crippen LogP contribution in [0.15, 0.2) is 24.3 Å². The lowest BCUT2D eigenvalue weighted by atomic mass is 10.1. The number of hydrogen-bond acceptors (Lipinski definition) is 2. The minimum absolute atomic E-state index is 0.296. The third-order valence-corrected chi connectivity index (χ3v) is 2.14. The highest BCUT2D eigenvalue weighted by Gasteiger charge is 2.07. The van der Waals surface area contributed by atoms with E-state index in [1.807, 2.05) is 7.05 Å². The third kappa shape index (κ3) is 3.44. The van der Waals surface area contributed by atoms with Gasteiger partial charge in [-0.15, -0.1) is 0 Å². The van der Waals surface area contributed by atoms with Gasteiger partial charge in [0.2, 0.25) is 0 Å². The molecule has 0 amide bonds. The predicted molar refractivity (Wildman–Crippen MR) is 54.5 cm³/mol. The molecule has 0 spiro atoms. The Hall–Kier alpha value is -0.930. The number of aliphatic hydroxyl groups excluding tert-OH is 1. The van der Waals surface area contributed by atoms with Crippen LogP contribution < -0.4 is 5.32 Å². The van der Waals surface area contributed by atoms with E-state index in [-0.39, 0.29) is 5.82 Å². The standard InChI is InChI=1S/C11H16FNO/c1-13-7-3-6-11(14)9-4-2-5-10(12)8-9/h2,4-5,8,11,13-14H,3,6-7H2,1H3. The van der Waals surface area contributed by atoms with Crippen molar-refractivity contribution >= 4 is 0 Å². The third-order valence-electron chi connectivity index (χ3n) is 2.14. The molecule has 1 aromatic carbocycles. The minimum Gasteiger partial charge on any atom is -0.388 e. The van der Waals surface area contributed by atoms with Crippen LogP contribution in [0.2, 0.25) is 0 Å². The van der Waals surface area contributed by atoms with E-state index in [1.54, 1.807) is 12.1 Å². The summed E-state index contributed by atoms with van der Waals surface area (Å²) >= 11 is 0. The first-order chi connectivity index (χ1) is 6.74. The van der Waals surface area contributed by atoms with Crippen LogP contribution in [0.3, 0.4) is 0 Å². The maximum absolute atomic E-state index is 12.8. The van der Waals surface area contributed by atoms with Crippen LogP contribution in [0.4, 0.5) is 4.39 Å². The fraction of sp³-hybridized carbons (Fsp3) is 0.455. The van der Waals surface area contributed by atoms with E-state index in [2.05, 4.69) is 5.32 Å². The van der Waals surface area contributed by atoms with Gasteiger partial charge in [-0.1, -0.05) is 12.1 Å². The molecule has 0 aliphatic rings. The van der Waals surface area contributed by atoms with Gasteiger partial charge in [-0.25, -0.2) is 4.39 Å². The van der Waals surface area contributed by atoms with Crippen molar-refractivity contribution in [2.24, 2.45) is 0 Å². The van der Waals surface area contributed by atoms with E-state index in [9.17, 15) is 9.50 Å². The molecular weight excluding hydrogens is 181 g/mol. The summed E-state index contributed by atoms with van der Waals surface area (Å²) in [7, 11) is 1.87. The number of hydrogen-bond donors (Lipinski definition) is 2. The van der Waals surface area contributed by atoms with Crippen LogP contribution in [0, 0.1) is 5.82 Å². The van der Waals surface area contributed by atoms with E-state index < -0.39 is 6.10 Å². The normalized spacial score (nSPS) is 12.8. The molecule has 0 saturated carbocycles. The molecule has 0 saturated heterocycles. The lowest BCUT2D eigenvalue weighted by Gasteiger charge is -2.10. The topological polar surface area (TPSA) is 32.3 Å². The summed E-state index contributed by atoms with van der Waals surface area (Å²) in [5, 5.41) is 12.7. The van der Waals surface area contributed by atoms with Gasteiger partial charge < -0.3 is 10.4 Å². The number of halogens is 1. The number of aliphatic hydroxyl groups is 1. The van der Waals surface area contributed by atoms with Crippen molar-refractivity contribution in [2.45, 2.75) is 18.9 Å². The molecule has 0 heterocycles. The highest BCUT2D eigenvalue weighted by molar-refractivity contribution is 5.18. The molecule has 1 atom stereocenters. The molecule has 0 aliphatic carbocycles. The van der Waals surface area contributed by atoms with Crippen LogP contribution >= 0.6 is 0 Å². The van der Waals surface area contributed by atoms with E-state index in [0.29, 0.717) is 12.0 Å². The predicted octanol–water partition coefficient (Wildman–Crippen LogP) is 1.86. The zero-order valence-electron chi connectivity index (χ0n) is 8.33. The van der Waals surface area contributed by atoms with E-state index in [1.165, 1.54) is 12.1 Å². The molecule has 0 aliphatic heterocycles. The lowest BCUT2D eigenvalue weighted by Crippen LogP contribution is -2.09. The van der Waals surface area contributed by atoms with Gasteiger partial charge in [0.15, 0.2) is 0 Å². The largest absolute Gasteiger partial charge is 0.388 e. The summed E-state index contributed by atoms with van der Waals surface area (Å²) in [6.07, 6.45) is 0.984. The number of nitrogens with one attached hydrogen (secondary N) is 1. The fourth-order valence-corrected chi connectivity index (χ4v) is 1.35. The molecule has 0 fully saturated rings. The van der Waals surface area contributed by atoms with Gasteiger partial charge >= 0.3 is 0 Å². The second-order valence-electron chi connectivity index (χ2n) is 3.32. The Kier molecular flexibility index (Phi) is 4.56. The summed E-state index contributed by atoms with van der Waals surface area (Å²) in [6.45, 7) is 0.867. The van der Waals surface area contributed by atoms with Crippen LogP contribution in [0.5, 0.6) is 0 Å². The molecule has 0 radical (unpaired) electrons. The quantitative estimate of drug-likeness (QED) is 0.706. The monoisotopic (exact) mass is 197 g/mol. The minimum atomic E-state index is -0.556. The molecule has 2 N–H and O–H groups in total. The lowest BCUT2D eigenvalue weighted by molar-refractivity contribution is 0.164. The van der Waals surface area contributed by atoms with E-state index in [0.717, 1.165) is 13.0 Å². The first-order valence-electron chi connectivity index (χ1n) is 4.82. The number of benzene rings is 1. The zero-order chi connectivity index (χ0) is 10.4. The van der Waals surface area contributed by atoms with Gasteiger partial charge in [0.1, 0.15) is 5.82 Å². The molecule has 78 valence electrons. The van der Waals surface area contributed by atoms with Gasteiger partial charge in [-0.2, -0.15) is 0 Å². The summed E-state index contributed by atoms with van der Waals surface area (Å²) in [5.74, 6) is -0.296. The van der Waals surface area contributed by atoms with Gasteiger partial charge in [-0.05, 0) is 44.1 Å². The summed E-state index contributed by atoms with van der Waals surface area (Å²) in [6, 6.07) is 6.12. The van der Waals surface area contributed by atoms with Crippen molar-refractivity contribution in [3.05, 3.63) is 35.6 Å². The van der Waals surface area contributed by atoms with E-state index >= 15 is 0 Å². The fourth-order valence-electron chi connectivity index (χ4n) is 1.35. The van der Waals surface area contributed by atoms with Crippen molar-refractivity contribution in [3.63, 3.8) is 0 Å². The van der Waals surface area contributed by atoms with Crippen LogP contribution in [-0.2, 0) is 0 Å². The Labute approximate surface area is 83.8 Å². The molecule has 0 bridgehead atoms. The summed E-state index contributed by atoms with van der Waals surface area (Å²) < 4.78 is 12.8. The molecule has 0 aromatic heterocycles. The first-order valence-corrected chi connectivity index (χ1v) is 4.82. The molecule has 1 aromatic rings. The highest BCUT2D eigenvalue weighted by Crippen LogP contribution is 2.18. The second-order valence-corrected chi connectivity index (χ2v) is 3.32. The summed E-state index contributed by atoms with van der Waals surface area (Å²) in [5.41, 5.74) is 0.654. The molecule has 2 nitrogen and oxygen atoms in total. The maximum Gasteiger partial charge on any atom is 0.123 e. The maximum atomic E-state index is 12.8. The molecule has 1 rings (SSSR count). The molecule has 3 heteroatoms.